The van der Waals surface area contributed by atoms with Gasteiger partial charge >= 0.3 is 0 Å². The van der Waals surface area contributed by atoms with E-state index in [1.54, 1.807) is 6.07 Å². The van der Waals surface area contributed by atoms with E-state index in [1.165, 1.54) is 0 Å². The summed E-state index contributed by atoms with van der Waals surface area (Å²) in [4.78, 5) is 14.3. The average molecular weight is 278 g/mol. The monoisotopic (exact) mass is 278 g/mol. The van der Waals surface area contributed by atoms with E-state index in [2.05, 4.69) is 20.7 Å². The van der Waals surface area contributed by atoms with Crippen molar-refractivity contribution in [2.45, 2.75) is 25.2 Å². The maximum atomic E-state index is 11.9. The van der Waals surface area contributed by atoms with Crippen LogP contribution in [0.15, 0.2) is 10.6 Å². The third-order valence-corrected chi connectivity index (χ3v) is 3.89. The van der Waals surface area contributed by atoms with Crippen LogP contribution in [0, 0.1) is 0 Å². The highest BCUT2D eigenvalue weighted by Gasteiger charge is 2.28. The smallest absolute Gasteiger partial charge is 0.273 e. The van der Waals surface area contributed by atoms with E-state index in [0.29, 0.717) is 18.2 Å². The van der Waals surface area contributed by atoms with Gasteiger partial charge in [-0.2, -0.15) is 0 Å². The Bertz CT molecular complexity index is 450. The molecule has 6 heteroatoms. The summed E-state index contributed by atoms with van der Waals surface area (Å²) in [5.74, 6) is 1.23. The first-order valence-electron chi connectivity index (χ1n) is 7.51. The Labute approximate surface area is 118 Å². The molecule has 0 radical (unpaired) electrons. The Balaban J connectivity index is 1.35. The highest BCUT2D eigenvalue weighted by molar-refractivity contribution is 5.92. The minimum absolute atomic E-state index is 0.124. The number of amides is 1. The zero-order valence-electron chi connectivity index (χ0n) is 11.7. The molecule has 2 aliphatic rings. The van der Waals surface area contributed by atoms with Crippen LogP contribution in [0.3, 0.4) is 0 Å². The Morgan fingerprint density at radius 3 is 3.00 bits per heavy atom. The van der Waals surface area contributed by atoms with Crippen LogP contribution in [0.5, 0.6) is 0 Å². The maximum Gasteiger partial charge on any atom is 0.273 e. The number of piperazine rings is 1. The van der Waals surface area contributed by atoms with Crippen molar-refractivity contribution in [2.75, 3.05) is 39.3 Å². The van der Waals surface area contributed by atoms with Crippen LogP contribution in [0.25, 0.3) is 0 Å². The quantitative estimate of drug-likeness (QED) is 0.745. The zero-order valence-corrected chi connectivity index (χ0v) is 11.7. The first-order valence-corrected chi connectivity index (χ1v) is 7.51. The molecule has 2 N–H and O–H groups in total. The second-order valence-corrected chi connectivity index (χ2v) is 5.59. The van der Waals surface area contributed by atoms with Gasteiger partial charge in [0, 0.05) is 44.7 Å². The predicted octanol–water partition coefficient (Wildman–Crippen LogP) is 0.577. The fraction of sp³-hybridized carbons (Fsp3) is 0.714. The molecule has 20 heavy (non-hydrogen) atoms. The number of nitrogens with one attached hydrogen (secondary N) is 2. The van der Waals surface area contributed by atoms with Crippen molar-refractivity contribution < 1.29 is 9.32 Å². The molecule has 2 heterocycles. The standard InChI is InChI=1S/C14H22N4O2/c19-14(12-10-13(20-17-12)11-2-3-11)16-4-1-7-18-8-5-15-6-9-18/h10-11,15H,1-9H2,(H,16,19). The second-order valence-electron chi connectivity index (χ2n) is 5.59. The zero-order chi connectivity index (χ0) is 13.8. The number of hydrogen-bond donors (Lipinski definition) is 2. The minimum atomic E-state index is -0.124. The van der Waals surface area contributed by atoms with Crippen LogP contribution in [-0.4, -0.2) is 55.2 Å². The van der Waals surface area contributed by atoms with E-state index in [1.807, 2.05) is 0 Å². The lowest BCUT2D eigenvalue weighted by Crippen LogP contribution is -2.44. The molecule has 1 aliphatic carbocycles. The van der Waals surface area contributed by atoms with Crippen LogP contribution in [0.1, 0.15) is 41.4 Å². The molecule has 0 unspecified atom stereocenters. The van der Waals surface area contributed by atoms with Crippen molar-refractivity contribution >= 4 is 5.91 Å². The summed E-state index contributed by atoms with van der Waals surface area (Å²) in [6, 6.07) is 1.78. The number of rotatable bonds is 6. The largest absolute Gasteiger partial charge is 0.360 e. The molecule has 0 aromatic carbocycles. The Hall–Kier alpha value is -1.40. The van der Waals surface area contributed by atoms with E-state index in [9.17, 15) is 4.79 Å². The minimum Gasteiger partial charge on any atom is -0.360 e. The fourth-order valence-corrected chi connectivity index (χ4v) is 2.49. The van der Waals surface area contributed by atoms with E-state index in [0.717, 1.165) is 57.7 Å². The molecule has 1 aliphatic heterocycles. The van der Waals surface area contributed by atoms with E-state index < -0.39 is 0 Å². The summed E-state index contributed by atoms with van der Waals surface area (Å²) in [5.41, 5.74) is 0.411. The lowest BCUT2D eigenvalue weighted by Gasteiger charge is -2.26. The van der Waals surface area contributed by atoms with Crippen LogP contribution in [0.4, 0.5) is 0 Å². The molecule has 110 valence electrons. The number of nitrogens with zero attached hydrogens (tertiary/aromatic N) is 2. The molecule has 0 atom stereocenters. The van der Waals surface area contributed by atoms with Gasteiger partial charge in [0.15, 0.2) is 5.69 Å². The van der Waals surface area contributed by atoms with Crippen molar-refractivity contribution in [2.24, 2.45) is 0 Å². The number of hydrogen-bond acceptors (Lipinski definition) is 5. The fourth-order valence-electron chi connectivity index (χ4n) is 2.49. The van der Waals surface area contributed by atoms with Crippen molar-refractivity contribution in [3.05, 3.63) is 17.5 Å². The van der Waals surface area contributed by atoms with Crippen LogP contribution in [-0.2, 0) is 0 Å². The molecule has 1 aromatic rings. The summed E-state index contributed by atoms with van der Waals surface area (Å²) in [7, 11) is 0. The summed E-state index contributed by atoms with van der Waals surface area (Å²) in [6.07, 6.45) is 3.28. The lowest BCUT2D eigenvalue weighted by atomic mass is 10.2. The number of carbonyl (C=O) groups is 1. The van der Waals surface area contributed by atoms with Gasteiger partial charge in [-0.05, 0) is 25.8 Å². The molecule has 1 aromatic heterocycles. The normalized spacial score (nSPS) is 20.0. The highest BCUT2D eigenvalue weighted by atomic mass is 16.5. The maximum absolute atomic E-state index is 11.9. The third-order valence-electron chi connectivity index (χ3n) is 3.89. The second kappa shape index (κ2) is 6.37. The topological polar surface area (TPSA) is 70.4 Å². The van der Waals surface area contributed by atoms with Gasteiger partial charge in [0.05, 0.1) is 0 Å². The van der Waals surface area contributed by atoms with Gasteiger partial charge in [0.25, 0.3) is 5.91 Å². The van der Waals surface area contributed by atoms with E-state index >= 15 is 0 Å². The molecule has 0 spiro atoms. The van der Waals surface area contributed by atoms with Crippen LogP contribution < -0.4 is 10.6 Å². The SMILES string of the molecule is O=C(NCCCN1CCNCC1)c1cc(C2CC2)on1. The van der Waals surface area contributed by atoms with Crippen molar-refractivity contribution in [3.63, 3.8) is 0 Å². The Morgan fingerprint density at radius 1 is 1.45 bits per heavy atom. The van der Waals surface area contributed by atoms with Gasteiger partial charge in [-0.15, -0.1) is 0 Å². The summed E-state index contributed by atoms with van der Waals surface area (Å²) >= 11 is 0. The molecule has 1 saturated heterocycles. The van der Waals surface area contributed by atoms with E-state index in [4.69, 9.17) is 4.52 Å². The summed E-state index contributed by atoms with van der Waals surface area (Å²) in [6.45, 7) is 6.05. The Morgan fingerprint density at radius 2 is 2.25 bits per heavy atom. The molecule has 1 saturated carbocycles. The average Bonchev–Trinajstić information content (AvgIpc) is 3.22. The van der Waals surface area contributed by atoms with Gasteiger partial charge in [-0.25, -0.2) is 0 Å². The predicted molar refractivity (Wildman–Crippen MR) is 74.7 cm³/mol. The molecule has 2 fully saturated rings. The first-order chi connectivity index (χ1) is 9.83. The van der Waals surface area contributed by atoms with Crippen LogP contribution >= 0.6 is 0 Å². The van der Waals surface area contributed by atoms with Gasteiger partial charge < -0.3 is 20.1 Å². The van der Waals surface area contributed by atoms with Gasteiger partial charge in [-0.1, -0.05) is 5.16 Å². The number of carbonyl (C=O) groups excluding carboxylic acids is 1. The summed E-state index contributed by atoms with van der Waals surface area (Å²) < 4.78 is 5.19. The van der Waals surface area contributed by atoms with Crippen LogP contribution in [0.2, 0.25) is 0 Å². The first kappa shape index (κ1) is 13.6. The highest BCUT2D eigenvalue weighted by Crippen LogP contribution is 2.40. The van der Waals surface area contributed by atoms with E-state index in [-0.39, 0.29) is 5.91 Å². The van der Waals surface area contributed by atoms with Gasteiger partial charge in [0.1, 0.15) is 5.76 Å². The third kappa shape index (κ3) is 3.58. The number of aromatic nitrogens is 1. The van der Waals surface area contributed by atoms with Crippen molar-refractivity contribution in [1.29, 1.82) is 0 Å². The van der Waals surface area contributed by atoms with Gasteiger partial charge in [-0.3, -0.25) is 4.79 Å². The lowest BCUT2D eigenvalue weighted by molar-refractivity contribution is 0.0942. The van der Waals surface area contributed by atoms with Crippen molar-refractivity contribution in [1.82, 2.24) is 20.7 Å². The molecule has 6 nitrogen and oxygen atoms in total. The molecular formula is C14H22N4O2. The van der Waals surface area contributed by atoms with Gasteiger partial charge in [0.2, 0.25) is 0 Å². The molecular weight excluding hydrogens is 256 g/mol. The molecule has 1 amide bonds. The Kier molecular flexibility index (Phi) is 4.32. The van der Waals surface area contributed by atoms with Crippen molar-refractivity contribution in [3.8, 4) is 0 Å². The summed E-state index contributed by atoms with van der Waals surface area (Å²) in [5, 5.41) is 10.1. The molecule has 3 rings (SSSR count). The molecule has 0 bridgehead atoms.